The molecule has 2 aromatic rings. The van der Waals surface area contributed by atoms with E-state index in [0.717, 1.165) is 0 Å². The highest BCUT2D eigenvalue weighted by Crippen LogP contribution is 2.35. The summed E-state index contributed by atoms with van der Waals surface area (Å²) in [5.74, 6) is -1.29. The molecule has 2 rings (SSSR count). The summed E-state index contributed by atoms with van der Waals surface area (Å²) in [5.41, 5.74) is 11.2. The Balaban J connectivity index is 2.59. The van der Waals surface area contributed by atoms with Crippen LogP contribution in [0.4, 0.5) is 24.9 Å². The third-order valence-corrected chi connectivity index (χ3v) is 2.20. The van der Waals surface area contributed by atoms with E-state index in [2.05, 4.69) is 14.7 Å². The lowest BCUT2D eigenvalue weighted by Crippen LogP contribution is -2.19. The molecule has 0 fully saturated rings. The normalized spacial score (nSPS) is 11.3. The molecule has 0 amide bonds. The molecular formula is C11H9F3N4O. The topological polar surface area (TPSA) is 87.0 Å². The summed E-state index contributed by atoms with van der Waals surface area (Å²) in [6.07, 6.45) is -4.89. The number of anilines is 2. The first-order valence-electron chi connectivity index (χ1n) is 5.11. The van der Waals surface area contributed by atoms with Gasteiger partial charge < -0.3 is 16.2 Å². The van der Waals surface area contributed by atoms with Crippen LogP contribution >= 0.6 is 0 Å². The Morgan fingerprint density at radius 2 is 1.63 bits per heavy atom. The number of rotatable bonds is 2. The summed E-state index contributed by atoms with van der Waals surface area (Å²) in [6, 6.07) is 8.12. The number of nitrogens with zero attached hydrogens (tertiary/aromatic N) is 2. The zero-order valence-corrected chi connectivity index (χ0v) is 9.48. The van der Waals surface area contributed by atoms with Crippen LogP contribution in [-0.4, -0.2) is 16.3 Å². The van der Waals surface area contributed by atoms with E-state index >= 15 is 0 Å². The van der Waals surface area contributed by atoms with Gasteiger partial charge in [-0.3, -0.25) is 0 Å². The molecule has 0 radical (unpaired) electrons. The number of halogens is 3. The fourth-order valence-corrected chi connectivity index (χ4v) is 1.53. The third-order valence-electron chi connectivity index (χ3n) is 2.20. The molecule has 1 aromatic heterocycles. The minimum Gasteiger partial charge on any atom is -0.387 e. The number of benzene rings is 1. The summed E-state index contributed by atoms with van der Waals surface area (Å²) in [5, 5.41) is 0. The van der Waals surface area contributed by atoms with Gasteiger partial charge in [0.2, 0.25) is 11.8 Å². The second-order valence-electron chi connectivity index (χ2n) is 3.56. The van der Waals surface area contributed by atoms with Crippen LogP contribution < -0.4 is 16.2 Å². The number of alkyl halides is 3. The van der Waals surface area contributed by atoms with Crippen LogP contribution in [0.15, 0.2) is 30.3 Å². The van der Waals surface area contributed by atoms with Gasteiger partial charge in [0.25, 0.3) is 0 Å². The molecule has 0 unspecified atom stereocenters. The molecule has 0 saturated heterocycles. The number of nitrogen functional groups attached to an aromatic ring is 2. The summed E-state index contributed by atoms with van der Waals surface area (Å²) in [7, 11) is 0. The lowest BCUT2D eigenvalue weighted by Gasteiger charge is -2.14. The smallest absolute Gasteiger partial charge is 0.387 e. The lowest BCUT2D eigenvalue weighted by atomic mass is 10.1. The molecule has 0 spiro atoms. The Bertz CT molecular complexity index is 586. The molecule has 4 N–H and O–H groups in total. The van der Waals surface area contributed by atoms with Gasteiger partial charge in [-0.25, -0.2) is 0 Å². The third kappa shape index (κ3) is 3.03. The molecule has 0 aliphatic rings. The van der Waals surface area contributed by atoms with Gasteiger partial charge >= 0.3 is 6.36 Å². The summed E-state index contributed by atoms with van der Waals surface area (Å²) >= 11 is 0. The van der Waals surface area contributed by atoms with Crippen molar-refractivity contribution < 1.29 is 17.9 Å². The van der Waals surface area contributed by atoms with E-state index < -0.39 is 18.2 Å². The van der Waals surface area contributed by atoms with Gasteiger partial charge in [0.1, 0.15) is 5.82 Å². The van der Waals surface area contributed by atoms with Crippen LogP contribution in [0.3, 0.4) is 0 Å². The number of aromatic nitrogens is 2. The SMILES string of the molecule is Nc1nc(N)c(-c2ccccc2)c(OC(F)(F)F)n1. The average Bonchev–Trinajstić information content (AvgIpc) is 2.27. The number of ether oxygens (including phenoxy) is 1. The molecule has 0 aliphatic carbocycles. The quantitative estimate of drug-likeness (QED) is 0.873. The molecule has 19 heavy (non-hydrogen) atoms. The van der Waals surface area contributed by atoms with Crippen molar-refractivity contribution in [3.8, 4) is 17.0 Å². The van der Waals surface area contributed by atoms with E-state index in [1.54, 1.807) is 30.3 Å². The number of nitrogens with two attached hydrogens (primary N) is 2. The largest absolute Gasteiger partial charge is 0.574 e. The van der Waals surface area contributed by atoms with Gasteiger partial charge in [-0.1, -0.05) is 30.3 Å². The standard InChI is InChI=1S/C11H9F3N4O/c12-11(13,14)19-9-7(6-4-2-1-3-5-6)8(15)17-10(16)18-9/h1-5H,(H4,15,16,17,18). The summed E-state index contributed by atoms with van der Waals surface area (Å²) < 4.78 is 40.8. The molecule has 100 valence electrons. The second kappa shape index (κ2) is 4.63. The van der Waals surface area contributed by atoms with Gasteiger partial charge in [-0.15, -0.1) is 13.2 Å². The highest BCUT2D eigenvalue weighted by molar-refractivity contribution is 5.78. The molecule has 0 aliphatic heterocycles. The molecule has 0 saturated carbocycles. The van der Waals surface area contributed by atoms with Crippen molar-refractivity contribution in [3.05, 3.63) is 30.3 Å². The Labute approximate surface area is 106 Å². The van der Waals surface area contributed by atoms with Crippen molar-refractivity contribution in [2.45, 2.75) is 6.36 Å². The fourth-order valence-electron chi connectivity index (χ4n) is 1.53. The monoisotopic (exact) mass is 270 g/mol. The minimum absolute atomic E-state index is 0.0490. The van der Waals surface area contributed by atoms with Crippen LogP contribution in [-0.2, 0) is 0 Å². The molecule has 0 atom stereocenters. The first kappa shape index (κ1) is 12.9. The van der Waals surface area contributed by atoms with Crippen molar-refractivity contribution in [2.75, 3.05) is 11.5 Å². The molecule has 1 heterocycles. The van der Waals surface area contributed by atoms with Crippen LogP contribution in [0.1, 0.15) is 0 Å². The lowest BCUT2D eigenvalue weighted by molar-refractivity contribution is -0.275. The Morgan fingerprint density at radius 3 is 2.21 bits per heavy atom. The van der Waals surface area contributed by atoms with Crippen molar-refractivity contribution >= 4 is 11.8 Å². The summed E-state index contributed by atoms with van der Waals surface area (Å²) in [6.45, 7) is 0. The maximum absolute atomic E-state index is 12.3. The van der Waals surface area contributed by atoms with E-state index in [-0.39, 0.29) is 11.4 Å². The van der Waals surface area contributed by atoms with Crippen molar-refractivity contribution in [2.24, 2.45) is 0 Å². The summed E-state index contributed by atoms with van der Waals surface area (Å²) in [4.78, 5) is 7.08. The zero-order valence-electron chi connectivity index (χ0n) is 9.48. The Hall–Kier alpha value is -2.51. The maximum Gasteiger partial charge on any atom is 0.574 e. The van der Waals surface area contributed by atoms with Crippen LogP contribution in [0, 0.1) is 0 Å². The maximum atomic E-state index is 12.3. The van der Waals surface area contributed by atoms with Crippen molar-refractivity contribution in [3.63, 3.8) is 0 Å². The van der Waals surface area contributed by atoms with Crippen molar-refractivity contribution in [1.82, 2.24) is 9.97 Å². The number of hydrogen-bond acceptors (Lipinski definition) is 5. The predicted molar refractivity (Wildman–Crippen MR) is 63.0 cm³/mol. The van der Waals surface area contributed by atoms with E-state index in [0.29, 0.717) is 5.56 Å². The highest BCUT2D eigenvalue weighted by atomic mass is 19.4. The van der Waals surface area contributed by atoms with E-state index in [1.807, 2.05) is 0 Å². The van der Waals surface area contributed by atoms with E-state index in [4.69, 9.17) is 11.5 Å². The first-order valence-corrected chi connectivity index (χ1v) is 5.11. The molecular weight excluding hydrogens is 261 g/mol. The van der Waals surface area contributed by atoms with Gasteiger partial charge in [-0.05, 0) is 5.56 Å². The average molecular weight is 270 g/mol. The van der Waals surface area contributed by atoms with Crippen molar-refractivity contribution in [1.29, 1.82) is 0 Å². The highest BCUT2D eigenvalue weighted by Gasteiger charge is 2.34. The van der Waals surface area contributed by atoms with Gasteiger partial charge in [0.05, 0.1) is 5.56 Å². The molecule has 8 heteroatoms. The first-order chi connectivity index (χ1) is 8.87. The molecule has 1 aromatic carbocycles. The fraction of sp³-hybridized carbons (Fsp3) is 0.0909. The molecule has 5 nitrogen and oxygen atoms in total. The van der Waals surface area contributed by atoms with Crippen LogP contribution in [0.2, 0.25) is 0 Å². The van der Waals surface area contributed by atoms with Gasteiger partial charge in [0.15, 0.2) is 0 Å². The second-order valence-corrected chi connectivity index (χ2v) is 3.56. The Kier molecular flexibility index (Phi) is 3.16. The van der Waals surface area contributed by atoms with Crippen LogP contribution in [0.25, 0.3) is 11.1 Å². The van der Waals surface area contributed by atoms with E-state index in [9.17, 15) is 13.2 Å². The van der Waals surface area contributed by atoms with E-state index in [1.165, 1.54) is 0 Å². The molecule has 0 bridgehead atoms. The minimum atomic E-state index is -4.89. The zero-order chi connectivity index (χ0) is 14.0. The van der Waals surface area contributed by atoms with Crippen LogP contribution in [0.5, 0.6) is 5.88 Å². The Morgan fingerprint density at radius 1 is 1.00 bits per heavy atom. The van der Waals surface area contributed by atoms with Gasteiger partial charge in [-0.2, -0.15) is 9.97 Å². The number of hydrogen-bond donors (Lipinski definition) is 2. The predicted octanol–water partition coefficient (Wildman–Crippen LogP) is 2.21. The van der Waals surface area contributed by atoms with Gasteiger partial charge in [0, 0.05) is 0 Å².